The van der Waals surface area contributed by atoms with Crippen molar-refractivity contribution in [3.05, 3.63) is 60.8 Å². The summed E-state index contributed by atoms with van der Waals surface area (Å²) in [5, 5.41) is 0. The molecule has 0 amide bonds. The van der Waals surface area contributed by atoms with E-state index in [0.29, 0.717) is 6.42 Å². The van der Waals surface area contributed by atoms with Crippen molar-refractivity contribution in [1.82, 2.24) is 0 Å². The van der Waals surface area contributed by atoms with Gasteiger partial charge in [-0.05, 0) is 57.8 Å². The number of hydrogen-bond acceptors (Lipinski definition) is 8. The van der Waals surface area contributed by atoms with E-state index in [1.807, 2.05) is 0 Å². The number of unbranched alkanes of at least 4 members (excludes halogenated alkanes) is 26. The molecular formula is C54H98NO8P. The second kappa shape index (κ2) is 50.1. The number of phosphoric acid groups is 1. The van der Waals surface area contributed by atoms with Crippen LogP contribution in [0.5, 0.6) is 0 Å². The van der Waals surface area contributed by atoms with E-state index >= 15 is 0 Å². The summed E-state index contributed by atoms with van der Waals surface area (Å²) in [6.07, 6.45) is 61.9. The smallest absolute Gasteiger partial charge is 0.462 e. The molecule has 0 aromatic rings. The Morgan fingerprint density at radius 3 is 1.28 bits per heavy atom. The zero-order chi connectivity index (χ0) is 46.7. The summed E-state index contributed by atoms with van der Waals surface area (Å²) in [5.74, 6) is -0.831. The Balaban J connectivity index is 3.70. The number of nitrogens with two attached hydrogens (primary N) is 1. The van der Waals surface area contributed by atoms with Crippen molar-refractivity contribution in [1.29, 1.82) is 0 Å². The summed E-state index contributed by atoms with van der Waals surface area (Å²) in [7, 11) is -4.37. The van der Waals surface area contributed by atoms with E-state index in [0.717, 1.165) is 70.6 Å². The first-order valence-corrected chi connectivity index (χ1v) is 27.8. The molecule has 0 aromatic carbocycles. The van der Waals surface area contributed by atoms with Crippen LogP contribution in [-0.4, -0.2) is 49.3 Å². The number of phosphoric ester groups is 1. The van der Waals surface area contributed by atoms with Gasteiger partial charge in [0.1, 0.15) is 6.61 Å². The normalized spacial score (nSPS) is 13.6. The summed E-state index contributed by atoms with van der Waals surface area (Å²) < 4.78 is 32.7. The Kier molecular flexibility index (Phi) is 48.3. The van der Waals surface area contributed by atoms with Crippen LogP contribution >= 0.6 is 7.82 Å². The van der Waals surface area contributed by atoms with Crippen molar-refractivity contribution in [3.63, 3.8) is 0 Å². The topological polar surface area (TPSA) is 134 Å². The van der Waals surface area contributed by atoms with Crippen molar-refractivity contribution < 1.29 is 37.6 Å². The maximum atomic E-state index is 12.6. The second-order valence-corrected chi connectivity index (χ2v) is 18.8. The zero-order valence-electron chi connectivity index (χ0n) is 41.3. The van der Waals surface area contributed by atoms with Gasteiger partial charge in [0.25, 0.3) is 0 Å². The standard InChI is InChI=1S/C54H98NO8P/c1-3-5-7-9-11-12-13-14-15-16-17-18-19-20-21-22-23-24-25-26-27-28-29-30-31-32-33-34-35-36-37-38-39-40-41-43-45-47-54(57)63-52(51-62-64(58,59)61-49-48-55)50-60-53(56)46-44-42-10-8-6-4-2/h5,7,11-12,14-15,17-18,20-21,52H,3-4,6,8-10,13,16,19,22-51,55H2,1-2H3,(H,58,59)/b7-5-,12-11-,15-14-,18-17-,21-20-. The van der Waals surface area contributed by atoms with Crippen molar-refractivity contribution >= 4 is 19.8 Å². The van der Waals surface area contributed by atoms with E-state index in [4.69, 9.17) is 24.3 Å². The van der Waals surface area contributed by atoms with Gasteiger partial charge in [-0.1, -0.05) is 229 Å². The molecule has 0 aliphatic rings. The summed E-state index contributed by atoms with van der Waals surface area (Å²) >= 11 is 0. The van der Waals surface area contributed by atoms with Gasteiger partial charge >= 0.3 is 19.8 Å². The molecule has 0 spiro atoms. The van der Waals surface area contributed by atoms with Gasteiger partial charge in [0.05, 0.1) is 13.2 Å². The van der Waals surface area contributed by atoms with Gasteiger partial charge in [-0.2, -0.15) is 0 Å². The highest BCUT2D eigenvalue weighted by Crippen LogP contribution is 2.43. The summed E-state index contributed by atoms with van der Waals surface area (Å²) in [4.78, 5) is 34.7. The molecule has 2 atom stereocenters. The van der Waals surface area contributed by atoms with E-state index in [1.54, 1.807) is 0 Å². The monoisotopic (exact) mass is 920 g/mol. The minimum atomic E-state index is -4.37. The van der Waals surface area contributed by atoms with Gasteiger partial charge in [-0.15, -0.1) is 0 Å². The number of carbonyl (C=O) groups is 2. The summed E-state index contributed by atoms with van der Waals surface area (Å²) in [6.45, 7) is 3.56. The average Bonchev–Trinajstić information content (AvgIpc) is 3.28. The predicted octanol–water partition coefficient (Wildman–Crippen LogP) is 16.0. The maximum Gasteiger partial charge on any atom is 0.472 e. The molecule has 0 fully saturated rings. The van der Waals surface area contributed by atoms with Crippen LogP contribution in [0.15, 0.2) is 60.8 Å². The summed E-state index contributed by atoms with van der Waals surface area (Å²) in [5.41, 5.74) is 5.34. The van der Waals surface area contributed by atoms with Crippen LogP contribution in [0.2, 0.25) is 0 Å². The number of rotatable bonds is 49. The fourth-order valence-corrected chi connectivity index (χ4v) is 8.08. The first kappa shape index (κ1) is 61.7. The lowest BCUT2D eigenvalue weighted by atomic mass is 10.0. The van der Waals surface area contributed by atoms with Gasteiger partial charge in [0.2, 0.25) is 0 Å². The largest absolute Gasteiger partial charge is 0.472 e. The molecule has 64 heavy (non-hydrogen) atoms. The number of hydrogen-bond donors (Lipinski definition) is 2. The van der Waals surface area contributed by atoms with Crippen molar-refractivity contribution in [2.24, 2.45) is 5.73 Å². The number of carbonyl (C=O) groups excluding carboxylic acids is 2. The van der Waals surface area contributed by atoms with E-state index in [1.165, 1.54) is 135 Å². The van der Waals surface area contributed by atoms with Crippen LogP contribution in [0.4, 0.5) is 0 Å². The Bertz CT molecular complexity index is 1230. The van der Waals surface area contributed by atoms with E-state index in [2.05, 4.69) is 74.6 Å². The molecule has 3 N–H and O–H groups in total. The lowest BCUT2D eigenvalue weighted by Gasteiger charge is -2.19. The lowest BCUT2D eigenvalue weighted by molar-refractivity contribution is -0.161. The second-order valence-electron chi connectivity index (χ2n) is 17.4. The van der Waals surface area contributed by atoms with Crippen LogP contribution in [0.25, 0.3) is 0 Å². The fraction of sp³-hybridized carbons (Fsp3) is 0.778. The SMILES string of the molecule is CC/C=C\C/C=C\C/C=C\C/C=C\C/C=C\CCCCCCCCCCCCCCCCCCCCCCCC(=O)OC(COC(=O)CCCCCCCC)COP(=O)(O)OCCN. The first-order valence-electron chi connectivity index (χ1n) is 26.3. The first-order chi connectivity index (χ1) is 31.3. The molecule has 0 radical (unpaired) electrons. The maximum absolute atomic E-state index is 12.6. The Hall–Kier alpha value is -2.29. The van der Waals surface area contributed by atoms with Crippen molar-refractivity contribution in [3.8, 4) is 0 Å². The Labute approximate surface area is 393 Å². The van der Waals surface area contributed by atoms with Crippen molar-refractivity contribution in [2.75, 3.05) is 26.4 Å². The van der Waals surface area contributed by atoms with Crippen LogP contribution in [0, 0.1) is 0 Å². The highest BCUT2D eigenvalue weighted by molar-refractivity contribution is 7.47. The van der Waals surface area contributed by atoms with Crippen LogP contribution in [-0.2, 0) is 32.7 Å². The molecule has 0 aliphatic carbocycles. The molecule has 0 aliphatic heterocycles. The lowest BCUT2D eigenvalue weighted by Crippen LogP contribution is -2.29. The highest BCUT2D eigenvalue weighted by Gasteiger charge is 2.26. The van der Waals surface area contributed by atoms with Gasteiger partial charge < -0.3 is 20.1 Å². The fourth-order valence-electron chi connectivity index (χ4n) is 7.31. The molecule has 9 nitrogen and oxygen atoms in total. The third kappa shape index (κ3) is 49.2. The van der Waals surface area contributed by atoms with Gasteiger partial charge in [-0.3, -0.25) is 18.6 Å². The average molecular weight is 920 g/mol. The molecule has 0 heterocycles. The van der Waals surface area contributed by atoms with E-state index in [-0.39, 0.29) is 38.6 Å². The third-order valence-electron chi connectivity index (χ3n) is 11.2. The minimum Gasteiger partial charge on any atom is -0.462 e. The van der Waals surface area contributed by atoms with E-state index in [9.17, 15) is 19.0 Å². The molecular weight excluding hydrogens is 822 g/mol. The minimum absolute atomic E-state index is 0.0544. The third-order valence-corrected chi connectivity index (χ3v) is 12.2. The van der Waals surface area contributed by atoms with Gasteiger partial charge in [0, 0.05) is 19.4 Å². The van der Waals surface area contributed by atoms with Crippen LogP contribution in [0.3, 0.4) is 0 Å². The van der Waals surface area contributed by atoms with Crippen molar-refractivity contribution in [2.45, 2.75) is 245 Å². The zero-order valence-corrected chi connectivity index (χ0v) is 42.2. The highest BCUT2D eigenvalue weighted by atomic mass is 31.2. The quantitative estimate of drug-likeness (QED) is 0.0265. The van der Waals surface area contributed by atoms with Crippen LogP contribution in [0.1, 0.15) is 239 Å². The number of allylic oxidation sites excluding steroid dienone is 10. The molecule has 0 saturated heterocycles. The Morgan fingerprint density at radius 2 is 0.859 bits per heavy atom. The molecule has 372 valence electrons. The molecule has 2 unspecified atom stereocenters. The van der Waals surface area contributed by atoms with Gasteiger partial charge in [-0.25, -0.2) is 4.57 Å². The molecule has 0 bridgehead atoms. The van der Waals surface area contributed by atoms with E-state index < -0.39 is 26.5 Å². The summed E-state index contributed by atoms with van der Waals surface area (Å²) in [6, 6.07) is 0. The Morgan fingerprint density at radius 1 is 0.484 bits per heavy atom. The molecule has 0 saturated carbocycles. The number of esters is 2. The number of ether oxygens (including phenoxy) is 2. The molecule has 0 rings (SSSR count). The predicted molar refractivity (Wildman–Crippen MR) is 270 cm³/mol. The van der Waals surface area contributed by atoms with Crippen LogP contribution < -0.4 is 5.73 Å². The van der Waals surface area contributed by atoms with Gasteiger partial charge in [0.15, 0.2) is 6.10 Å². The molecule has 0 aromatic heterocycles. The molecule has 10 heteroatoms.